The van der Waals surface area contributed by atoms with Crippen LogP contribution in [0.1, 0.15) is 25.8 Å². The van der Waals surface area contributed by atoms with E-state index in [0.717, 1.165) is 22.7 Å². The van der Waals surface area contributed by atoms with Crippen molar-refractivity contribution in [2.45, 2.75) is 26.4 Å². The van der Waals surface area contributed by atoms with Gasteiger partial charge in [0.05, 0.1) is 5.71 Å². The summed E-state index contributed by atoms with van der Waals surface area (Å²) in [6.07, 6.45) is 1.20. The van der Waals surface area contributed by atoms with E-state index in [2.05, 4.69) is 19.0 Å². The molecule has 0 saturated heterocycles. The third kappa shape index (κ3) is 2.00. The summed E-state index contributed by atoms with van der Waals surface area (Å²) in [4.78, 5) is 5.31. The Hall–Kier alpha value is -1.02. The molecule has 2 nitrogen and oxygen atoms in total. The zero-order valence-corrected chi connectivity index (χ0v) is 9.66. The lowest BCUT2D eigenvalue weighted by atomic mass is 9.91. The molecule has 0 bridgehead atoms. The van der Waals surface area contributed by atoms with Gasteiger partial charge in [-0.05, 0) is 25.5 Å². The lowest BCUT2D eigenvalue weighted by Crippen LogP contribution is -2.20. The maximum absolute atomic E-state index is 5.95. The Morgan fingerprint density at radius 2 is 2.27 bits per heavy atom. The summed E-state index contributed by atoms with van der Waals surface area (Å²) in [6, 6.07) is 7.76. The molecule has 3 heteroatoms. The lowest BCUT2D eigenvalue weighted by molar-refractivity contribution is 0.0753. The van der Waals surface area contributed by atoms with Crippen molar-refractivity contribution in [2.24, 2.45) is 11.1 Å². The van der Waals surface area contributed by atoms with Crippen LogP contribution < -0.4 is 0 Å². The Morgan fingerprint density at radius 1 is 1.47 bits per heavy atom. The second kappa shape index (κ2) is 4.23. The molecule has 15 heavy (non-hydrogen) atoms. The highest BCUT2D eigenvalue weighted by Crippen LogP contribution is 2.26. The normalized spacial score (nSPS) is 24.9. The van der Waals surface area contributed by atoms with Crippen LogP contribution in [0.2, 0.25) is 5.02 Å². The van der Waals surface area contributed by atoms with Crippen LogP contribution >= 0.6 is 11.6 Å². The van der Waals surface area contributed by atoms with E-state index in [1.165, 1.54) is 0 Å². The Kier molecular flexibility index (Phi) is 2.96. The summed E-state index contributed by atoms with van der Waals surface area (Å²) in [5.74, 6) is 0.378. The summed E-state index contributed by atoms with van der Waals surface area (Å²) in [6.45, 7) is 4.20. The molecular weight excluding hydrogens is 210 g/mol. The molecular formula is C12H14ClNO. The van der Waals surface area contributed by atoms with Crippen LogP contribution in [0, 0.1) is 5.92 Å². The Labute approximate surface area is 94.9 Å². The molecule has 1 aromatic carbocycles. The second-order valence-electron chi connectivity index (χ2n) is 3.81. The van der Waals surface area contributed by atoms with Gasteiger partial charge in [-0.3, -0.25) is 0 Å². The highest BCUT2D eigenvalue weighted by Gasteiger charge is 2.29. The molecule has 2 atom stereocenters. The number of oxime groups is 1. The van der Waals surface area contributed by atoms with Crippen molar-refractivity contribution in [1.29, 1.82) is 0 Å². The van der Waals surface area contributed by atoms with Crippen LogP contribution in [0.3, 0.4) is 0 Å². The van der Waals surface area contributed by atoms with Crippen molar-refractivity contribution < 1.29 is 4.84 Å². The molecule has 80 valence electrons. The first-order valence-corrected chi connectivity index (χ1v) is 5.59. The van der Waals surface area contributed by atoms with Gasteiger partial charge >= 0.3 is 0 Å². The molecule has 1 aliphatic rings. The molecule has 0 spiro atoms. The van der Waals surface area contributed by atoms with Gasteiger partial charge in [0.25, 0.3) is 0 Å². The monoisotopic (exact) mass is 223 g/mol. The average molecular weight is 224 g/mol. The molecule has 2 unspecified atom stereocenters. The smallest absolute Gasteiger partial charge is 0.133 e. The van der Waals surface area contributed by atoms with E-state index < -0.39 is 0 Å². The standard InChI is InChI=1S/C12H14ClNO/c1-3-11-8(2)15-14-12(11)9-5-4-6-10(13)7-9/h4-8,11H,3H2,1-2H3. The minimum absolute atomic E-state index is 0.170. The van der Waals surface area contributed by atoms with E-state index in [1.54, 1.807) is 0 Å². The molecule has 0 radical (unpaired) electrons. The average Bonchev–Trinajstić information content (AvgIpc) is 2.59. The van der Waals surface area contributed by atoms with Gasteiger partial charge in [0, 0.05) is 16.5 Å². The van der Waals surface area contributed by atoms with Gasteiger partial charge in [0.1, 0.15) is 6.10 Å². The second-order valence-corrected chi connectivity index (χ2v) is 4.25. The molecule has 1 heterocycles. The summed E-state index contributed by atoms with van der Waals surface area (Å²) < 4.78 is 0. The summed E-state index contributed by atoms with van der Waals surface area (Å²) >= 11 is 5.95. The molecule has 0 N–H and O–H groups in total. The van der Waals surface area contributed by atoms with Crippen LogP contribution in [0.25, 0.3) is 0 Å². The van der Waals surface area contributed by atoms with Crippen LogP contribution in [0.15, 0.2) is 29.4 Å². The van der Waals surface area contributed by atoms with Gasteiger partial charge in [0.15, 0.2) is 0 Å². The van der Waals surface area contributed by atoms with E-state index in [9.17, 15) is 0 Å². The predicted octanol–water partition coefficient (Wildman–Crippen LogP) is 3.49. The number of hydrogen-bond acceptors (Lipinski definition) is 2. The number of benzene rings is 1. The fraction of sp³-hybridized carbons (Fsp3) is 0.417. The zero-order chi connectivity index (χ0) is 10.8. The maximum Gasteiger partial charge on any atom is 0.133 e. The molecule has 0 fully saturated rings. The van der Waals surface area contributed by atoms with Gasteiger partial charge < -0.3 is 4.84 Å². The predicted molar refractivity (Wildman–Crippen MR) is 62.3 cm³/mol. The Bertz CT molecular complexity index is 389. The van der Waals surface area contributed by atoms with E-state index in [-0.39, 0.29) is 6.10 Å². The van der Waals surface area contributed by atoms with E-state index >= 15 is 0 Å². The zero-order valence-electron chi connectivity index (χ0n) is 8.90. The number of halogens is 1. The van der Waals surface area contributed by atoms with E-state index in [4.69, 9.17) is 16.4 Å². The molecule has 2 rings (SSSR count). The van der Waals surface area contributed by atoms with E-state index in [0.29, 0.717) is 5.92 Å². The Morgan fingerprint density at radius 3 is 2.93 bits per heavy atom. The third-order valence-corrected chi connectivity index (χ3v) is 3.03. The van der Waals surface area contributed by atoms with Crippen molar-refractivity contribution in [3.05, 3.63) is 34.9 Å². The van der Waals surface area contributed by atoms with Gasteiger partial charge in [-0.25, -0.2) is 0 Å². The van der Waals surface area contributed by atoms with Gasteiger partial charge in [-0.2, -0.15) is 0 Å². The fourth-order valence-electron chi connectivity index (χ4n) is 1.94. The van der Waals surface area contributed by atoms with Crippen LogP contribution in [-0.2, 0) is 4.84 Å². The quantitative estimate of drug-likeness (QED) is 0.752. The minimum atomic E-state index is 0.170. The topological polar surface area (TPSA) is 21.6 Å². The molecule has 0 aromatic heterocycles. The SMILES string of the molecule is CCC1C(c2cccc(Cl)c2)=NOC1C. The van der Waals surface area contributed by atoms with Gasteiger partial charge in [-0.15, -0.1) is 0 Å². The molecule has 0 aliphatic carbocycles. The maximum atomic E-state index is 5.95. The van der Waals surface area contributed by atoms with Crippen LogP contribution in [0.5, 0.6) is 0 Å². The van der Waals surface area contributed by atoms with E-state index in [1.807, 2.05) is 24.3 Å². The highest BCUT2D eigenvalue weighted by atomic mass is 35.5. The first-order chi connectivity index (χ1) is 7.22. The number of nitrogens with zero attached hydrogens (tertiary/aromatic N) is 1. The molecule has 0 amide bonds. The summed E-state index contributed by atoms with van der Waals surface area (Å²) in [5.41, 5.74) is 2.09. The molecule has 1 aromatic rings. The minimum Gasteiger partial charge on any atom is -0.392 e. The summed E-state index contributed by atoms with van der Waals surface area (Å²) in [7, 11) is 0. The largest absolute Gasteiger partial charge is 0.392 e. The van der Waals surface area contributed by atoms with Crippen molar-refractivity contribution in [3.8, 4) is 0 Å². The van der Waals surface area contributed by atoms with Crippen LogP contribution in [0.4, 0.5) is 0 Å². The number of hydrogen-bond donors (Lipinski definition) is 0. The molecule has 0 saturated carbocycles. The number of rotatable bonds is 2. The highest BCUT2D eigenvalue weighted by molar-refractivity contribution is 6.31. The van der Waals surface area contributed by atoms with Crippen molar-refractivity contribution in [3.63, 3.8) is 0 Å². The van der Waals surface area contributed by atoms with Crippen LogP contribution in [-0.4, -0.2) is 11.8 Å². The van der Waals surface area contributed by atoms with Crippen molar-refractivity contribution >= 4 is 17.3 Å². The van der Waals surface area contributed by atoms with Crippen molar-refractivity contribution in [2.75, 3.05) is 0 Å². The summed E-state index contributed by atoms with van der Waals surface area (Å²) in [5, 5.41) is 4.88. The Balaban J connectivity index is 2.31. The third-order valence-electron chi connectivity index (χ3n) is 2.80. The van der Waals surface area contributed by atoms with Gasteiger partial charge in [-0.1, -0.05) is 35.8 Å². The van der Waals surface area contributed by atoms with Gasteiger partial charge in [0.2, 0.25) is 0 Å². The molecule has 1 aliphatic heterocycles. The lowest BCUT2D eigenvalue weighted by Gasteiger charge is -2.12. The first-order valence-electron chi connectivity index (χ1n) is 5.22. The van der Waals surface area contributed by atoms with Crippen molar-refractivity contribution in [1.82, 2.24) is 0 Å². The first kappa shape index (κ1) is 10.5. The fourth-order valence-corrected chi connectivity index (χ4v) is 2.13.